The highest BCUT2D eigenvalue weighted by Gasteiger charge is 2.22. The molecule has 2 heterocycles. The van der Waals surface area contributed by atoms with E-state index in [1.807, 2.05) is 6.07 Å². The molecule has 8 heteroatoms. The van der Waals surface area contributed by atoms with E-state index in [0.717, 1.165) is 36.9 Å². The van der Waals surface area contributed by atoms with Crippen LogP contribution in [0.15, 0.2) is 18.3 Å². The maximum Gasteiger partial charge on any atom is 0.163 e. The lowest BCUT2D eigenvalue weighted by atomic mass is 9.91. The van der Waals surface area contributed by atoms with Crippen LogP contribution < -0.4 is 11.1 Å². The molecule has 132 valence electrons. The number of nitrogens with two attached hydrogens (primary N) is 1. The Hall–Kier alpha value is -1.14. The highest BCUT2D eigenvalue weighted by molar-refractivity contribution is 6.30. The lowest BCUT2D eigenvalue weighted by molar-refractivity contribution is 0.101. The molecule has 0 amide bonds. The Labute approximate surface area is 158 Å². The Balaban J connectivity index is 0.00000144. The number of aromatic nitrogens is 2. The number of fused-ring (bicyclic) bond motifs is 1. The quantitative estimate of drug-likeness (QED) is 0.610. The fourth-order valence-corrected chi connectivity index (χ4v) is 3.07. The summed E-state index contributed by atoms with van der Waals surface area (Å²) in [6, 6.07) is 4.10. The summed E-state index contributed by atoms with van der Waals surface area (Å²) >= 11 is 6.02. The van der Waals surface area contributed by atoms with Crippen molar-refractivity contribution in [2.75, 3.05) is 5.32 Å². The van der Waals surface area contributed by atoms with Gasteiger partial charge in [-0.25, -0.2) is 4.98 Å². The molecule has 24 heavy (non-hydrogen) atoms. The minimum atomic E-state index is -0.0359. The van der Waals surface area contributed by atoms with Crippen LogP contribution >= 0.6 is 36.4 Å². The normalized spacial score (nSPS) is 20.0. The molecule has 0 unspecified atom stereocenters. The maximum absolute atomic E-state index is 11.9. The molecule has 2 aromatic rings. The van der Waals surface area contributed by atoms with Gasteiger partial charge in [-0.05, 0) is 44.7 Å². The van der Waals surface area contributed by atoms with Crippen LogP contribution in [0.3, 0.4) is 0 Å². The van der Waals surface area contributed by atoms with Gasteiger partial charge in [0.2, 0.25) is 0 Å². The van der Waals surface area contributed by atoms with Gasteiger partial charge in [0.15, 0.2) is 5.78 Å². The van der Waals surface area contributed by atoms with E-state index < -0.39 is 0 Å². The van der Waals surface area contributed by atoms with Crippen LogP contribution in [0, 0.1) is 0 Å². The Morgan fingerprint density at radius 1 is 1.25 bits per heavy atom. The van der Waals surface area contributed by atoms with E-state index in [4.69, 9.17) is 17.3 Å². The number of pyridine rings is 2. The molecule has 1 aliphatic carbocycles. The van der Waals surface area contributed by atoms with Gasteiger partial charge in [0.1, 0.15) is 10.7 Å². The maximum atomic E-state index is 11.9. The lowest BCUT2D eigenvalue weighted by Crippen LogP contribution is -2.33. The molecule has 3 rings (SSSR count). The molecule has 5 nitrogen and oxygen atoms in total. The van der Waals surface area contributed by atoms with Crippen LogP contribution in [0.4, 0.5) is 5.69 Å². The van der Waals surface area contributed by atoms with Crippen molar-refractivity contribution in [3.8, 4) is 0 Å². The molecule has 1 fully saturated rings. The Morgan fingerprint density at radius 2 is 1.92 bits per heavy atom. The van der Waals surface area contributed by atoms with Crippen molar-refractivity contribution in [3.05, 3.63) is 29.0 Å². The van der Waals surface area contributed by atoms with Crippen molar-refractivity contribution >= 4 is 58.9 Å². The van der Waals surface area contributed by atoms with Crippen molar-refractivity contribution in [2.45, 2.75) is 44.7 Å². The predicted octanol–water partition coefficient (Wildman–Crippen LogP) is 4.01. The molecule has 0 radical (unpaired) electrons. The number of hydrogen-bond acceptors (Lipinski definition) is 5. The SMILES string of the molecule is CC(=O)c1cnc2ccc(Cl)nc2c1N[C@H]1CC[C@H](N)CC1.Cl.Cl. The van der Waals surface area contributed by atoms with Crippen LogP contribution in [0.2, 0.25) is 5.15 Å². The van der Waals surface area contributed by atoms with Gasteiger partial charge in [-0.3, -0.25) is 9.78 Å². The van der Waals surface area contributed by atoms with Crippen molar-refractivity contribution in [1.29, 1.82) is 0 Å². The number of hydrogen-bond donors (Lipinski definition) is 2. The summed E-state index contributed by atoms with van der Waals surface area (Å²) < 4.78 is 0. The third-order valence-corrected chi connectivity index (χ3v) is 4.39. The number of ketones is 1. The highest BCUT2D eigenvalue weighted by atomic mass is 35.5. The first-order valence-corrected chi connectivity index (χ1v) is 7.90. The van der Waals surface area contributed by atoms with Gasteiger partial charge in [0.05, 0.1) is 16.8 Å². The van der Waals surface area contributed by atoms with Crippen molar-refractivity contribution < 1.29 is 4.79 Å². The van der Waals surface area contributed by atoms with E-state index >= 15 is 0 Å². The minimum Gasteiger partial charge on any atom is -0.380 e. The Morgan fingerprint density at radius 3 is 2.54 bits per heavy atom. The summed E-state index contributed by atoms with van der Waals surface area (Å²) in [4.78, 5) is 20.6. The monoisotopic (exact) mass is 390 g/mol. The topological polar surface area (TPSA) is 80.9 Å². The molecular weight excluding hydrogens is 371 g/mol. The second-order valence-electron chi connectivity index (χ2n) is 5.86. The number of nitrogens with zero attached hydrogens (tertiary/aromatic N) is 2. The first-order chi connectivity index (χ1) is 10.5. The summed E-state index contributed by atoms with van der Waals surface area (Å²) in [6.45, 7) is 1.54. The zero-order valence-electron chi connectivity index (χ0n) is 13.3. The molecular formula is C16H21Cl3N4O. The van der Waals surface area contributed by atoms with E-state index in [0.29, 0.717) is 22.3 Å². The fourth-order valence-electron chi connectivity index (χ4n) is 2.92. The number of carbonyl (C=O) groups excluding carboxylic acids is 1. The number of nitrogens with one attached hydrogen (secondary N) is 1. The summed E-state index contributed by atoms with van der Waals surface area (Å²) in [6.07, 6.45) is 5.57. The molecule has 1 saturated carbocycles. The molecule has 0 aliphatic heterocycles. The molecule has 0 spiro atoms. The second kappa shape index (κ2) is 8.81. The number of rotatable bonds is 3. The summed E-state index contributed by atoms with van der Waals surface area (Å²) in [5.41, 5.74) is 8.62. The van der Waals surface area contributed by atoms with Crippen molar-refractivity contribution in [3.63, 3.8) is 0 Å². The first kappa shape index (κ1) is 20.9. The zero-order chi connectivity index (χ0) is 15.7. The standard InChI is InChI=1S/C16H19ClN4O.2ClH/c1-9(22)12-8-19-13-6-7-14(17)21-16(13)15(12)20-11-4-2-10(18)3-5-11;;/h6-8,10-11H,2-5,18H2,1H3,(H,19,20);2*1H/t10-,11-;;. The van der Waals surface area contributed by atoms with Crippen LogP contribution in [-0.2, 0) is 0 Å². The predicted molar refractivity (Wildman–Crippen MR) is 103 cm³/mol. The van der Waals surface area contributed by atoms with Crippen LogP contribution in [0.25, 0.3) is 11.0 Å². The van der Waals surface area contributed by atoms with Gasteiger partial charge in [-0.15, -0.1) is 24.8 Å². The third-order valence-electron chi connectivity index (χ3n) is 4.18. The minimum absolute atomic E-state index is 0. The molecule has 2 aromatic heterocycles. The van der Waals surface area contributed by atoms with Gasteiger partial charge in [-0.2, -0.15) is 0 Å². The average molecular weight is 392 g/mol. The smallest absolute Gasteiger partial charge is 0.163 e. The van der Waals surface area contributed by atoms with E-state index in [2.05, 4.69) is 15.3 Å². The first-order valence-electron chi connectivity index (χ1n) is 7.53. The average Bonchev–Trinajstić information content (AvgIpc) is 2.49. The highest BCUT2D eigenvalue weighted by Crippen LogP contribution is 2.29. The van der Waals surface area contributed by atoms with Crippen molar-refractivity contribution in [2.24, 2.45) is 5.73 Å². The number of carbonyl (C=O) groups is 1. The van der Waals surface area contributed by atoms with Crippen molar-refractivity contribution in [1.82, 2.24) is 9.97 Å². The van der Waals surface area contributed by atoms with Crippen LogP contribution in [0.5, 0.6) is 0 Å². The summed E-state index contributed by atoms with van der Waals surface area (Å²) in [5.74, 6) is -0.0359. The Kier molecular flexibility index (Phi) is 7.67. The van der Waals surface area contributed by atoms with E-state index in [1.165, 1.54) is 6.92 Å². The van der Waals surface area contributed by atoms with E-state index in [-0.39, 0.29) is 36.6 Å². The molecule has 0 atom stereocenters. The molecule has 1 aliphatic rings. The van der Waals surface area contributed by atoms with Gasteiger partial charge < -0.3 is 11.1 Å². The van der Waals surface area contributed by atoms with Crippen LogP contribution in [0.1, 0.15) is 43.0 Å². The summed E-state index contributed by atoms with van der Waals surface area (Å²) in [7, 11) is 0. The third kappa shape index (κ3) is 4.48. The number of Topliss-reactive ketones (excluding diaryl/α,β-unsaturated/α-hetero) is 1. The second-order valence-corrected chi connectivity index (χ2v) is 6.25. The molecule has 0 aromatic carbocycles. The Bertz CT molecular complexity index is 718. The lowest BCUT2D eigenvalue weighted by Gasteiger charge is -2.28. The fraction of sp³-hybridized carbons (Fsp3) is 0.438. The zero-order valence-corrected chi connectivity index (χ0v) is 15.7. The molecule has 0 saturated heterocycles. The largest absolute Gasteiger partial charge is 0.380 e. The van der Waals surface area contributed by atoms with E-state index in [1.54, 1.807) is 12.3 Å². The number of halogens is 3. The van der Waals surface area contributed by atoms with Gasteiger partial charge in [0.25, 0.3) is 0 Å². The van der Waals surface area contributed by atoms with E-state index in [9.17, 15) is 4.79 Å². The number of anilines is 1. The van der Waals surface area contributed by atoms with Crippen LogP contribution in [-0.4, -0.2) is 27.8 Å². The molecule has 0 bridgehead atoms. The van der Waals surface area contributed by atoms with Gasteiger partial charge in [0, 0.05) is 18.3 Å². The van der Waals surface area contributed by atoms with Gasteiger partial charge >= 0.3 is 0 Å². The molecule has 3 N–H and O–H groups in total. The summed E-state index contributed by atoms with van der Waals surface area (Å²) in [5, 5.41) is 3.88. The van der Waals surface area contributed by atoms with Gasteiger partial charge in [-0.1, -0.05) is 11.6 Å².